The number of esters is 1. The molecule has 1 heterocycles. The number of methoxy groups -OCH3 is 1. The standard InChI is InChI=1S/C17H19NO5S/c1-3-9-22-13-6-4-5-7-14(13)23-11-15(19)18-12-8-10-24-16(12)17(20)21-2/h4-8,10H,3,9,11H2,1-2H3,(H,18,19). The summed E-state index contributed by atoms with van der Waals surface area (Å²) in [5.74, 6) is 0.237. The molecule has 128 valence electrons. The lowest BCUT2D eigenvalue weighted by molar-refractivity contribution is -0.118. The lowest BCUT2D eigenvalue weighted by atomic mass is 10.3. The number of para-hydroxylation sites is 2. The molecule has 6 nitrogen and oxygen atoms in total. The molecule has 2 aromatic rings. The van der Waals surface area contributed by atoms with Gasteiger partial charge in [-0.3, -0.25) is 4.79 Å². The van der Waals surface area contributed by atoms with Gasteiger partial charge in [-0.1, -0.05) is 19.1 Å². The lowest BCUT2D eigenvalue weighted by Gasteiger charge is -2.12. The van der Waals surface area contributed by atoms with Crippen LogP contribution in [-0.2, 0) is 9.53 Å². The van der Waals surface area contributed by atoms with Crippen LogP contribution in [0.15, 0.2) is 35.7 Å². The quantitative estimate of drug-likeness (QED) is 0.740. The van der Waals surface area contributed by atoms with Crippen molar-refractivity contribution in [2.75, 3.05) is 25.6 Å². The maximum absolute atomic E-state index is 12.0. The predicted octanol–water partition coefficient (Wildman–Crippen LogP) is 3.34. The summed E-state index contributed by atoms with van der Waals surface area (Å²) in [5, 5.41) is 4.35. The van der Waals surface area contributed by atoms with Crippen molar-refractivity contribution < 1.29 is 23.8 Å². The van der Waals surface area contributed by atoms with Crippen LogP contribution in [0.2, 0.25) is 0 Å². The van der Waals surface area contributed by atoms with Gasteiger partial charge in [0.15, 0.2) is 18.1 Å². The third kappa shape index (κ3) is 4.73. The van der Waals surface area contributed by atoms with E-state index in [0.717, 1.165) is 6.42 Å². The van der Waals surface area contributed by atoms with E-state index in [1.165, 1.54) is 18.4 Å². The van der Waals surface area contributed by atoms with E-state index < -0.39 is 5.97 Å². The van der Waals surface area contributed by atoms with Gasteiger partial charge in [0.05, 0.1) is 19.4 Å². The minimum Gasteiger partial charge on any atom is -0.490 e. The van der Waals surface area contributed by atoms with Gasteiger partial charge >= 0.3 is 5.97 Å². The Balaban J connectivity index is 1.95. The molecule has 0 bridgehead atoms. The van der Waals surface area contributed by atoms with Crippen LogP contribution in [0.5, 0.6) is 11.5 Å². The van der Waals surface area contributed by atoms with Gasteiger partial charge in [0, 0.05) is 0 Å². The molecule has 0 spiro atoms. The number of carbonyl (C=O) groups excluding carboxylic acids is 2. The molecule has 0 aliphatic heterocycles. The number of thiophene rings is 1. The van der Waals surface area contributed by atoms with Crippen molar-refractivity contribution in [1.29, 1.82) is 0 Å². The molecule has 0 unspecified atom stereocenters. The smallest absolute Gasteiger partial charge is 0.350 e. The van der Waals surface area contributed by atoms with Gasteiger partial charge in [-0.25, -0.2) is 4.79 Å². The Hall–Kier alpha value is -2.54. The second kappa shape index (κ2) is 8.93. The third-order valence-corrected chi connectivity index (χ3v) is 3.87. The molecule has 1 aromatic carbocycles. The minimum absolute atomic E-state index is 0.192. The summed E-state index contributed by atoms with van der Waals surface area (Å²) in [6.45, 7) is 2.39. The van der Waals surface area contributed by atoms with Crippen LogP contribution in [0.1, 0.15) is 23.0 Å². The highest BCUT2D eigenvalue weighted by Gasteiger charge is 2.16. The number of anilines is 1. The van der Waals surface area contributed by atoms with E-state index in [1.54, 1.807) is 29.6 Å². The molecule has 0 fully saturated rings. The second-order valence-corrected chi connectivity index (χ2v) is 5.70. The van der Waals surface area contributed by atoms with E-state index in [4.69, 9.17) is 9.47 Å². The van der Waals surface area contributed by atoms with Gasteiger partial charge in [0.25, 0.3) is 5.91 Å². The van der Waals surface area contributed by atoms with E-state index in [0.29, 0.717) is 28.7 Å². The fraction of sp³-hybridized carbons (Fsp3) is 0.294. The van der Waals surface area contributed by atoms with Crippen molar-refractivity contribution in [2.45, 2.75) is 13.3 Å². The first-order valence-electron chi connectivity index (χ1n) is 7.46. The first-order valence-corrected chi connectivity index (χ1v) is 8.34. The molecule has 24 heavy (non-hydrogen) atoms. The summed E-state index contributed by atoms with van der Waals surface area (Å²) < 4.78 is 15.8. The summed E-state index contributed by atoms with van der Waals surface area (Å²) in [6.07, 6.45) is 0.878. The van der Waals surface area contributed by atoms with Crippen LogP contribution < -0.4 is 14.8 Å². The zero-order valence-electron chi connectivity index (χ0n) is 13.5. The zero-order valence-corrected chi connectivity index (χ0v) is 14.4. The van der Waals surface area contributed by atoms with Gasteiger partial charge < -0.3 is 19.5 Å². The van der Waals surface area contributed by atoms with Crippen LogP contribution in [0.4, 0.5) is 5.69 Å². The monoisotopic (exact) mass is 349 g/mol. The fourth-order valence-corrected chi connectivity index (χ4v) is 2.65. The zero-order chi connectivity index (χ0) is 17.4. The molecule has 0 atom stereocenters. The Morgan fingerprint density at radius 2 is 1.83 bits per heavy atom. The number of nitrogens with one attached hydrogen (secondary N) is 1. The maximum atomic E-state index is 12.0. The molecule has 2 rings (SSSR count). The Kier molecular flexibility index (Phi) is 6.62. The first kappa shape index (κ1) is 17.8. The SMILES string of the molecule is CCCOc1ccccc1OCC(=O)Nc1ccsc1C(=O)OC. The number of hydrogen-bond donors (Lipinski definition) is 1. The number of carbonyl (C=O) groups is 2. The van der Waals surface area contributed by atoms with Crippen molar-refractivity contribution in [3.8, 4) is 11.5 Å². The molecule has 1 aromatic heterocycles. The average molecular weight is 349 g/mol. The average Bonchev–Trinajstić information content (AvgIpc) is 3.06. The summed E-state index contributed by atoms with van der Waals surface area (Å²) >= 11 is 1.20. The lowest BCUT2D eigenvalue weighted by Crippen LogP contribution is -2.21. The van der Waals surface area contributed by atoms with Gasteiger partial charge in [-0.2, -0.15) is 0 Å². The highest BCUT2D eigenvalue weighted by atomic mass is 32.1. The van der Waals surface area contributed by atoms with E-state index in [1.807, 2.05) is 13.0 Å². The molecule has 0 radical (unpaired) electrons. The van der Waals surface area contributed by atoms with E-state index in [2.05, 4.69) is 10.1 Å². The first-order chi connectivity index (χ1) is 11.7. The van der Waals surface area contributed by atoms with Crippen LogP contribution in [0.25, 0.3) is 0 Å². The molecular weight excluding hydrogens is 330 g/mol. The Morgan fingerprint density at radius 3 is 2.50 bits per heavy atom. The summed E-state index contributed by atoms with van der Waals surface area (Å²) in [7, 11) is 1.30. The van der Waals surface area contributed by atoms with Gasteiger partial charge in [-0.15, -0.1) is 11.3 Å². The highest BCUT2D eigenvalue weighted by molar-refractivity contribution is 7.12. The molecule has 0 aliphatic rings. The van der Waals surface area contributed by atoms with Crippen molar-refractivity contribution in [3.63, 3.8) is 0 Å². The van der Waals surface area contributed by atoms with E-state index >= 15 is 0 Å². The van der Waals surface area contributed by atoms with Crippen LogP contribution in [-0.4, -0.2) is 32.2 Å². The predicted molar refractivity (Wildman–Crippen MR) is 92.0 cm³/mol. The van der Waals surface area contributed by atoms with Gasteiger partial charge in [0.1, 0.15) is 4.88 Å². The van der Waals surface area contributed by atoms with Crippen molar-refractivity contribution in [1.82, 2.24) is 0 Å². The van der Waals surface area contributed by atoms with Crippen LogP contribution in [0.3, 0.4) is 0 Å². The Bertz CT molecular complexity index is 698. The minimum atomic E-state index is -0.487. The van der Waals surface area contributed by atoms with E-state index in [9.17, 15) is 9.59 Å². The number of benzene rings is 1. The third-order valence-electron chi connectivity index (χ3n) is 2.98. The Morgan fingerprint density at radius 1 is 1.12 bits per heavy atom. The molecule has 1 amide bonds. The summed E-state index contributed by atoms with van der Waals surface area (Å²) in [5.41, 5.74) is 0.413. The number of amides is 1. The van der Waals surface area contributed by atoms with Crippen LogP contribution in [0, 0.1) is 0 Å². The molecule has 0 aliphatic carbocycles. The number of rotatable bonds is 8. The molecule has 0 saturated carbocycles. The van der Waals surface area contributed by atoms with E-state index in [-0.39, 0.29) is 12.5 Å². The number of ether oxygens (including phenoxy) is 3. The normalized spacial score (nSPS) is 10.1. The molecule has 7 heteroatoms. The Labute approximate surface area is 144 Å². The van der Waals surface area contributed by atoms with Crippen molar-refractivity contribution in [2.24, 2.45) is 0 Å². The van der Waals surface area contributed by atoms with Gasteiger partial charge in [0.2, 0.25) is 0 Å². The fourth-order valence-electron chi connectivity index (χ4n) is 1.89. The molecule has 1 N–H and O–H groups in total. The topological polar surface area (TPSA) is 73.9 Å². The van der Waals surface area contributed by atoms with Crippen molar-refractivity contribution in [3.05, 3.63) is 40.6 Å². The number of hydrogen-bond acceptors (Lipinski definition) is 6. The summed E-state index contributed by atoms with van der Waals surface area (Å²) in [6, 6.07) is 8.82. The highest BCUT2D eigenvalue weighted by Crippen LogP contribution is 2.27. The largest absolute Gasteiger partial charge is 0.490 e. The second-order valence-electron chi connectivity index (χ2n) is 4.79. The summed E-state index contributed by atoms with van der Waals surface area (Å²) in [4.78, 5) is 24.0. The van der Waals surface area contributed by atoms with Gasteiger partial charge in [-0.05, 0) is 30.0 Å². The molecule has 0 saturated heterocycles. The molecular formula is C17H19NO5S. The van der Waals surface area contributed by atoms with Crippen LogP contribution >= 0.6 is 11.3 Å². The van der Waals surface area contributed by atoms with Crippen molar-refractivity contribution >= 4 is 28.9 Å². The maximum Gasteiger partial charge on any atom is 0.350 e.